The van der Waals surface area contributed by atoms with Crippen LogP contribution in [0.25, 0.3) is 0 Å². The van der Waals surface area contributed by atoms with Crippen LogP contribution >= 0.6 is 11.8 Å². The maximum absolute atomic E-state index is 5.37. The molecule has 0 saturated carbocycles. The molecule has 0 amide bonds. The Labute approximate surface area is 118 Å². The molecule has 1 heterocycles. The first-order valence-electron chi connectivity index (χ1n) is 6.30. The topological polar surface area (TPSA) is 34.2 Å². The van der Waals surface area contributed by atoms with Gasteiger partial charge in [-0.2, -0.15) is 0 Å². The molecule has 0 aliphatic carbocycles. The van der Waals surface area contributed by atoms with Crippen LogP contribution in [-0.4, -0.2) is 18.6 Å². The molecule has 0 atom stereocenters. The third-order valence-electron chi connectivity index (χ3n) is 2.69. The first-order chi connectivity index (χ1) is 9.35. The minimum atomic E-state index is 0.835. The van der Waals surface area contributed by atoms with Gasteiger partial charge in [0.2, 0.25) is 0 Å². The summed E-state index contributed by atoms with van der Waals surface area (Å²) in [6.45, 7) is 3.89. The minimum absolute atomic E-state index is 0.835. The zero-order valence-electron chi connectivity index (χ0n) is 11.2. The van der Waals surface area contributed by atoms with Gasteiger partial charge in [0, 0.05) is 12.7 Å². The molecular formula is C15H18N2OS. The van der Waals surface area contributed by atoms with E-state index in [2.05, 4.69) is 29.4 Å². The van der Waals surface area contributed by atoms with Crippen molar-refractivity contribution in [1.82, 2.24) is 10.3 Å². The molecule has 0 saturated heterocycles. The Morgan fingerprint density at radius 3 is 2.84 bits per heavy atom. The van der Waals surface area contributed by atoms with Gasteiger partial charge in [0.05, 0.1) is 12.0 Å². The fourth-order valence-electron chi connectivity index (χ4n) is 1.72. The highest BCUT2D eigenvalue weighted by Gasteiger charge is 2.08. The number of pyridine rings is 1. The number of hydrogen-bond donors (Lipinski definition) is 1. The van der Waals surface area contributed by atoms with E-state index < -0.39 is 0 Å². The summed E-state index contributed by atoms with van der Waals surface area (Å²) >= 11 is 1.64. The summed E-state index contributed by atoms with van der Waals surface area (Å²) < 4.78 is 5.37. The van der Waals surface area contributed by atoms with E-state index in [1.807, 2.05) is 30.5 Å². The third kappa shape index (κ3) is 3.72. The predicted molar refractivity (Wildman–Crippen MR) is 78.7 cm³/mol. The SMILES string of the molecule is CCNCc1cccnc1Sc1ccccc1OC. The number of ether oxygens (including phenoxy) is 1. The van der Waals surface area contributed by atoms with Gasteiger partial charge in [0.15, 0.2) is 0 Å². The lowest BCUT2D eigenvalue weighted by atomic mass is 10.3. The average Bonchev–Trinajstić information content (AvgIpc) is 2.47. The third-order valence-corrected chi connectivity index (χ3v) is 3.81. The normalized spacial score (nSPS) is 10.4. The molecule has 0 fully saturated rings. The number of rotatable bonds is 6. The summed E-state index contributed by atoms with van der Waals surface area (Å²) in [5.74, 6) is 0.882. The van der Waals surface area contributed by atoms with Crippen LogP contribution in [0.5, 0.6) is 5.75 Å². The number of nitrogens with zero attached hydrogens (tertiary/aromatic N) is 1. The van der Waals surface area contributed by atoms with Gasteiger partial charge in [-0.1, -0.05) is 36.9 Å². The van der Waals surface area contributed by atoms with Crippen LogP contribution < -0.4 is 10.1 Å². The molecular weight excluding hydrogens is 256 g/mol. The second kappa shape index (κ2) is 7.16. The number of nitrogens with one attached hydrogen (secondary N) is 1. The van der Waals surface area contributed by atoms with Gasteiger partial charge in [-0.15, -0.1) is 0 Å². The lowest BCUT2D eigenvalue weighted by molar-refractivity contribution is 0.405. The highest BCUT2D eigenvalue weighted by molar-refractivity contribution is 7.99. The molecule has 100 valence electrons. The molecule has 0 radical (unpaired) electrons. The molecule has 1 aromatic carbocycles. The number of methoxy groups -OCH3 is 1. The van der Waals surface area contributed by atoms with Crippen LogP contribution in [0.1, 0.15) is 12.5 Å². The molecule has 2 rings (SSSR count). The maximum atomic E-state index is 5.37. The van der Waals surface area contributed by atoms with E-state index in [1.165, 1.54) is 5.56 Å². The van der Waals surface area contributed by atoms with Crippen molar-refractivity contribution in [1.29, 1.82) is 0 Å². The molecule has 2 aromatic rings. The van der Waals surface area contributed by atoms with Gasteiger partial charge >= 0.3 is 0 Å². The minimum Gasteiger partial charge on any atom is -0.496 e. The molecule has 1 aromatic heterocycles. The van der Waals surface area contributed by atoms with Crippen LogP contribution in [0.15, 0.2) is 52.5 Å². The summed E-state index contributed by atoms with van der Waals surface area (Å²) in [7, 11) is 1.69. The Hall–Kier alpha value is -1.52. The number of para-hydroxylation sites is 1. The van der Waals surface area contributed by atoms with Crippen LogP contribution in [0, 0.1) is 0 Å². The zero-order valence-corrected chi connectivity index (χ0v) is 12.0. The van der Waals surface area contributed by atoms with Crippen molar-refractivity contribution in [2.45, 2.75) is 23.4 Å². The van der Waals surface area contributed by atoms with E-state index >= 15 is 0 Å². The first kappa shape index (κ1) is 13.9. The van der Waals surface area contributed by atoms with Crippen molar-refractivity contribution in [3.63, 3.8) is 0 Å². The summed E-state index contributed by atoms with van der Waals surface area (Å²) in [4.78, 5) is 5.55. The lowest BCUT2D eigenvalue weighted by Gasteiger charge is -2.10. The Kier molecular flexibility index (Phi) is 5.24. The van der Waals surface area contributed by atoms with Gasteiger partial charge in [0.25, 0.3) is 0 Å². The van der Waals surface area contributed by atoms with E-state index in [1.54, 1.807) is 18.9 Å². The molecule has 19 heavy (non-hydrogen) atoms. The molecule has 0 bridgehead atoms. The van der Waals surface area contributed by atoms with E-state index in [-0.39, 0.29) is 0 Å². The average molecular weight is 274 g/mol. The number of hydrogen-bond acceptors (Lipinski definition) is 4. The van der Waals surface area contributed by atoms with Crippen LogP contribution in [-0.2, 0) is 6.54 Å². The van der Waals surface area contributed by atoms with Crippen molar-refractivity contribution < 1.29 is 4.74 Å². The van der Waals surface area contributed by atoms with Crippen LogP contribution in [0.3, 0.4) is 0 Å². The molecule has 0 spiro atoms. The van der Waals surface area contributed by atoms with Gasteiger partial charge in [-0.25, -0.2) is 4.98 Å². The van der Waals surface area contributed by atoms with Crippen molar-refractivity contribution in [2.75, 3.05) is 13.7 Å². The fraction of sp³-hybridized carbons (Fsp3) is 0.267. The predicted octanol–water partition coefficient (Wildman–Crippen LogP) is 3.35. The second-order valence-electron chi connectivity index (χ2n) is 4.00. The van der Waals surface area contributed by atoms with E-state index in [9.17, 15) is 0 Å². The van der Waals surface area contributed by atoms with Gasteiger partial charge in [-0.3, -0.25) is 0 Å². The van der Waals surface area contributed by atoms with E-state index in [4.69, 9.17) is 4.74 Å². The summed E-state index contributed by atoms with van der Waals surface area (Å²) in [6.07, 6.45) is 1.83. The highest BCUT2D eigenvalue weighted by Crippen LogP contribution is 2.34. The first-order valence-corrected chi connectivity index (χ1v) is 7.12. The number of aromatic nitrogens is 1. The van der Waals surface area contributed by atoms with Crippen molar-refractivity contribution >= 4 is 11.8 Å². The molecule has 4 heteroatoms. The van der Waals surface area contributed by atoms with Crippen molar-refractivity contribution in [3.8, 4) is 5.75 Å². The van der Waals surface area contributed by atoms with Gasteiger partial charge in [-0.05, 0) is 30.3 Å². The van der Waals surface area contributed by atoms with Crippen LogP contribution in [0.2, 0.25) is 0 Å². The lowest BCUT2D eigenvalue weighted by Crippen LogP contribution is -2.12. The summed E-state index contributed by atoms with van der Waals surface area (Å²) in [5.41, 5.74) is 1.21. The van der Waals surface area contributed by atoms with Crippen molar-refractivity contribution in [3.05, 3.63) is 48.2 Å². The monoisotopic (exact) mass is 274 g/mol. The van der Waals surface area contributed by atoms with E-state index in [0.29, 0.717) is 0 Å². The zero-order chi connectivity index (χ0) is 13.5. The van der Waals surface area contributed by atoms with Gasteiger partial charge in [0.1, 0.15) is 10.8 Å². The van der Waals surface area contributed by atoms with Crippen molar-refractivity contribution in [2.24, 2.45) is 0 Å². The smallest absolute Gasteiger partial charge is 0.132 e. The Morgan fingerprint density at radius 2 is 2.05 bits per heavy atom. The summed E-state index contributed by atoms with van der Waals surface area (Å²) in [5, 5.41) is 4.36. The largest absolute Gasteiger partial charge is 0.496 e. The van der Waals surface area contributed by atoms with Crippen LogP contribution in [0.4, 0.5) is 0 Å². The fourth-order valence-corrected chi connectivity index (χ4v) is 2.71. The molecule has 0 aliphatic rings. The van der Waals surface area contributed by atoms with E-state index in [0.717, 1.165) is 28.8 Å². The molecule has 0 aliphatic heterocycles. The Bertz CT molecular complexity index is 531. The summed E-state index contributed by atoms with van der Waals surface area (Å²) in [6, 6.07) is 12.1. The Balaban J connectivity index is 2.22. The number of benzene rings is 1. The standard InChI is InChI=1S/C15H18N2OS/c1-3-16-11-12-7-6-10-17-15(12)19-14-9-5-4-8-13(14)18-2/h4-10,16H,3,11H2,1-2H3. The van der Waals surface area contributed by atoms with Gasteiger partial charge < -0.3 is 10.1 Å². The Morgan fingerprint density at radius 1 is 1.21 bits per heavy atom. The maximum Gasteiger partial charge on any atom is 0.132 e. The molecule has 1 N–H and O–H groups in total. The highest BCUT2D eigenvalue weighted by atomic mass is 32.2. The molecule has 0 unspecified atom stereocenters. The molecule has 3 nitrogen and oxygen atoms in total. The quantitative estimate of drug-likeness (QED) is 0.876. The second-order valence-corrected chi connectivity index (χ2v) is 5.03.